The molecule has 0 saturated heterocycles. The predicted molar refractivity (Wildman–Crippen MR) is 116 cm³/mol. The number of hydrogen-bond donors (Lipinski definition) is 2. The molecule has 0 aliphatic carbocycles. The van der Waals surface area contributed by atoms with Gasteiger partial charge in [-0.1, -0.05) is 34.5 Å². The number of anilines is 1. The smallest absolute Gasteiger partial charge is 0.319 e. The first kappa shape index (κ1) is 19.7. The van der Waals surface area contributed by atoms with E-state index in [0.717, 1.165) is 26.8 Å². The number of thiazole rings is 1. The van der Waals surface area contributed by atoms with Crippen molar-refractivity contribution in [2.24, 2.45) is 0 Å². The van der Waals surface area contributed by atoms with Crippen LogP contribution in [0.2, 0.25) is 10.0 Å². The molecule has 0 aliphatic rings. The van der Waals surface area contributed by atoms with Crippen molar-refractivity contribution in [3.8, 4) is 11.3 Å². The fraction of sp³-hybridized carbons (Fsp3) is 0.100. The summed E-state index contributed by atoms with van der Waals surface area (Å²) in [6, 6.07) is 10.7. The van der Waals surface area contributed by atoms with E-state index >= 15 is 0 Å². The lowest BCUT2D eigenvalue weighted by molar-refractivity contribution is 0.252. The van der Waals surface area contributed by atoms with E-state index < -0.39 is 0 Å². The van der Waals surface area contributed by atoms with Gasteiger partial charge in [0.2, 0.25) is 0 Å². The molecule has 0 atom stereocenters. The first-order chi connectivity index (χ1) is 13.9. The standard InChI is InChI=1S/C20H15Cl2FN4OS/c1-11-18(9-24-19(28)25-16-7-13(21)6-14(22)8-16)29-20-26-17(10-27(11)20)12-2-4-15(23)5-3-12/h2-8,10H,9H2,1H3,(H2,24,25,28). The highest BCUT2D eigenvalue weighted by Gasteiger charge is 2.14. The summed E-state index contributed by atoms with van der Waals surface area (Å²) in [5.74, 6) is -0.280. The van der Waals surface area contributed by atoms with E-state index in [9.17, 15) is 9.18 Å². The van der Waals surface area contributed by atoms with E-state index in [1.165, 1.54) is 23.5 Å². The van der Waals surface area contributed by atoms with Gasteiger partial charge in [0.15, 0.2) is 4.96 Å². The zero-order chi connectivity index (χ0) is 20.5. The second kappa shape index (κ2) is 8.02. The number of carbonyl (C=O) groups excluding carboxylic acids is 1. The van der Waals surface area contributed by atoms with Crippen molar-refractivity contribution >= 4 is 51.2 Å². The Labute approximate surface area is 180 Å². The maximum atomic E-state index is 13.1. The molecule has 0 saturated carbocycles. The number of carbonyl (C=O) groups is 1. The van der Waals surface area contributed by atoms with Crippen LogP contribution in [0, 0.1) is 12.7 Å². The first-order valence-corrected chi connectivity index (χ1v) is 10.2. The molecule has 2 aromatic heterocycles. The molecular weight excluding hydrogens is 434 g/mol. The largest absolute Gasteiger partial charge is 0.333 e. The average Bonchev–Trinajstić information content (AvgIpc) is 3.19. The Hall–Kier alpha value is -2.61. The number of nitrogens with one attached hydrogen (secondary N) is 2. The molecule has 2 N–H and O–H groups in total. The minimum Gasteiger partial charge on any atom is -0.333 e. The Balaban J connectivity index is 1.45. The van der Waals surface area contributed by atoms with Gasteiger partial charge in [0.1, 0.15) is 5.82 Å². The van der Waals surface area contributed by atoms with Crippen molar-refractivity contribution in [3.63, 3.8) is 0 Å². The lowest BCUT2D eigenvalue weighted by atomic mass is 10.2. The number of rotatable bonds is 4. The lowest BCUT2D eigenvalue weighted by Gasteiger charge is -2.08. The van der Waals surface area contributed by atoms with Crippen molar-refractivity contribution in [1.29, 1.82) is 0 Å². The van der Waals surface area contributed by atoms with Gasteiger partial charge in [-0.15, -0.1) is 0 Å². The Bertz CT molecular complexity index is 1180. The Morgan fingerprint density at radius 2 is 1.86 bits per heavy atom. The summed E-state index contributed by atoms with van der Waals surface area (Å²) >= 11 is 13.4. The molecule has 0 aliphatic heterocycles. The van der Waals surface area contributed by atoms with Gasteiger partial charge in [-0.25, -0.2) is 14.2 Å². The van der Waals surface area contributed by atoms with E-state index in [2.05, 4.69) is 15.6 Å². The zero-order valence-corrected chi connectivity index (χ0v) is 17.5. The van der Waals surface area contributed by atoms with Crippen molar-refractivity contribution < 1.29 is 9.18 Å². The Morgan fingerprint density at radius 1 is 1.17 bits per heavy atom. The van der Waals surface area contributed by atoms with E-state index in [4.69, 9.17) is 23.2 Å². The van der Waals surface area contributed by atoms with Gasteiger partial charge >= 0.3 is 6.03 Å². The summed E-state index contributed by atoms with van der Waals surface area (Å²) in [5, 5.41) is 6.42. The summed E-state index contributed by atoms with van der Waals surface area (Å²) in [7, 11) is 0. The number of imidazole rings is 1. The third-order valence-corrected chi connectivity index (χ3v) is 5.92. The number of aryl methyl sites for hydroxylation is 1. The van der Waals surface area contributed by atoms with E-state index in [-0.39, 0.29) is 11.8 Å². The zero-order valence-electron chi connectivity index (χ0n) is 15.2. The van der Waals surface area contributed by atoms with E-state index in [0.29, 0.717) is 22.3 Å². The summed E-state index contributed by atoms with van der Waals surface area (Å²) in [5.41, 5.74) is 3.12. The predicted octanol–water partition coefficient (Wildman–Crippen LogP) is 6.14. The van der Waals surface area contributed by atoms with Crippen molar-refractivity contribution in [1.82, 2.24) is 14.7 Å². The summed E-state index contributed by atoms with van der Waals surface area (Å²) in [4.78, 5) is 18.6. The molecule has 2 aromatic carbocycles. The molecule has 9 heteroatoms. The van der Waals surface area contributed by atoms with Crippen LogP contribution >= 0.6 is 34.5 Å². The van der Waals surface area contributed by atoms with Crippen LogP contribution in [0.4, 0.5) is 14.9 Å². The maximum Gasteiger partial charge on any atom is 0.319 e. The van der Waals surface area contributed by atoms with Gasteiger partial charge in [0, 0.05) is 38.1 Å². The quantitative estimate of drug-likeness (QED) is 0.393. The lowest BCUT2D eigenvalue weighted by Crippen LogP contribution is -2.28. The fourth-order valence-electron chi connectivity index (χ4n) is 2.88. The number of urea groups is 1. The third kappa shape index (κ3) is 4.37. The average molecular weight is 449 g/mol. The van der Waals surface area contributed by atoms with Crippen molar-refractivity contribution in [2.45, 2.75) is 13.5 Å². The maximum absolute atomic E-state index is 13.1. The number of hydrogen-bond acceptors (Lipinski definition) is 3. The molecule has 29 heavy (non-hydrogen) atoms. The minimum absolute atomic E-state index is 0.280. The van der Waals surface area contributed by atoms with Gasteiger partial charge in [-0.2, -0.15) is 0 Å². The SMILES string of the molecule is Cc1c(CNC(=O)Nc2cc(Cl)cc(Cl)c2)sc2nc(-c3ccc(F)cc3)cn12. The van der Waals surface area contributed by atoms with E-state index in [1.807, 2.05) is 17.5 Å². The summed E-state index contributed by atoms with van der Waals surface area (Å²) in [6.45, 7) is 2.32. The molecule has 0 bridgehead atoms. The minimum atomic E-state index is -0.360. The highest BCUT2D eigenvalue weighted by atomic mass is 35.5. The van der Waals surface area contributed by atoms with Gasteiger partial charge in [0.25, 0.3) is 0 Å². The molecule has 0 fully saturated rings. The van der Waals surface area contributed by atoms with Crippen LogP contribution < -0.4 is 10.6 Å². The summed E-state index contributed by atoms with van der Waals surface area (Å²) < 4.78 is 15.1. The Kier molecular flexibility index (Phi) is 5.45. The van der Waals surface area contributed by atoms with Gasteiger partial charge in [-0.3, -0.25) is 4.40 Å². The summed E-state index contributed by atoms with van der Waals surface area (Å²) in [6.07, 6.45) is 1.91. The Morgan fingerprint density at radius 3 is 2.52 bits per heavy atom. The molecule has 4 aromatic rings. The van der Waals surface area contributed by atoms with Crippen LogP contribution in [0.3, 0.4) is 0 Å². The van der Waals surface area contributed by atoms with Crippen LogP contribution in [-0.4, -0.2) is 15.4 Å². The van der Waals surface area contributed by atoms with Crippen LogP contribution in [0.15, 0.2) is 48.7 Å². The van der Waals surface area contributed by atoms with Crippen molar-refractivity contribution in [2.75, 3.05) is 5.32 Å². The monoisotopic (exact) mass is 448 g/mol. The highest BCUT2D eigenvalue weighted by molar-refractivity contribution is 7.17. The van der Waals surface area contributed by atoms with Gasteiger partial charge in [0.05, 0.1) is 12.2 Å². The number of benzene rings is 2. The topological polar surface area (TPSA) is 58.4 Å². The number of fused-ring (bicyclic) bond motifs is 1. The highest BCUT2D eigenvalue weighted by Crippen LogP contribution is 2.27. The molecule has 0 spiro atoms. The van der Waals surface area contributed by atoms with Crippen LogP contribution in [0.1, 0.15) is 10.6 Å². The fourth-order valence-corrected chi connectivity index (χ4v) is 4.45. The number of halogens is 3. The molecule has 5 nitrogen and oxygen atoms in total. The van der Waals surface area contributed by atoms with Crippen LogP contribution in [0.5, 0.6) is 0 Å². The number of amides is 2. The van der Waals surface area contributed by atoms with Crippen LogP contribution in [-0.2, 0) is 6.54 Å². The van der Waals surface area contributed by atoms with E-state index in [1.54, 1.807) is 30.3 Å². The third-order valence-electron chi connectivity index (χ3n) is 4.32. The molecular formula is C20H15Cl2FN4OS. The normalized spacial score (nSPS) is 11.0. The van der Waals surface area contributed by atoms with Gasteiger partial charge < -0.3 is 10.6 Å². The number of aromatic nitrogens is 2. The molecule has 2 amide bonds. The van der Waals surface area contributed by atoms with Gasteiger partial charge in [-0.05, 0) is 49.4 Å². The second-order valence-corrected chi connectivity index (χ2v) is 8.30. The first-order valence-electron chi connectivity index (χ1n) is 8.63. The molecule has 148 valence electrons. The second-order valence-electron chi connectivity index (χ2n) is 6.36. The molecule has 0 radical (unpaired) electrons. The number of nitrogens with zero attached hydrogens (tertiary/aromatic N) is 2. The molecule has 4 rings (SSSR count). The van der Waals surface area contributed by atoms with Crippen molar-refractivity contribution in [3.05, 3.63) is 75.1 Å². The van der Waals surface area contributed by atoms with Crippen LogP contribution in [0.25, 0.3) is 16.2 Å². The molecule has 2 heterocycles. The molecule has 0 unspecified atom stereocenters.